The molecule has 1 heterocycles. The van der Waals surface area contributed by atoms with Gasteiger partial charge in [0.2, 0.25) is 0 Å². The first kappa shape index (κ1) is 15.2. The molecule has 1 rings (SSSR count). The van der Waals surface area contributed by atoms with Gasteiger partial charge in [0.15, 0.2) is 0 Å². The minimum absolute atomic E-state index is 0.0223. The molecule has 4 nitrogen and oxygen atoms in total. The quantitative estimate of drug-likeness (QED) is 0.685. The van der Waals surface area contributed by atoms with Crippen molar-refractivity contribution in [1.82, 2.24) is 0 Å². The average Bonchev–Trinajstić information content (AvgIpc) is 2.74. The predicted molar refractivity (Wildman–Crippen MR) is 64.1 cm³/mol. The lowest BCUT2D eigenvalue weighted by molar-refractivity contribution is -0.165. The van der Waals surface area contributed by atoms with Gasteiger partial charge in [-0.2, -0.15) is 13.2 Å². The molecule has 0 spiro atoms. The van der Waals surface area contributed by atoms with Crippen LogP contribution >= 0.6 is 11.3 Å². The van der Waals surface area contributed by atoms with Crippen LogP contribution in [0.2, 0.25) is 0 Å². The smallest absolute Gasteiger partial charge is 0.454 e. The maximum absolute atomic E-state index is 12.1. The van der Waals surface area contributed by atoms with E-state index in [1.807, 2.05) is 0 Å². The van der Waals surface area contributed by atoms with Gasteiger partial charge in [-0.3, -0.25) is 4.79 Å². The molecule has 1 aromatic rings. The van der Waals surface area contributed by atoms with E-state index in [-0.39, 0.29) is 10.6 Å². The summed E-state index contributed by atoms with van der Waals surface area (Å²) >= 11 is 1.08. The van der Waals surface area contributed by atoms with Crippen LogP contribution in [0.25, 0.3) is 0 Å². The Hall–Kier alpha value is -1.83. The van der Waals surface area contributed by atoms with E-state index in [2.05, 4.69) is 10.1 Å². The van der Waals surface area contributed by atoms with Gasteiger partial charge in [0.25, 0.3) is 5.78 Å². The molecule has 0 unspecified atom stereocenters. The zero-order valence-electron chi connectivity index (χ0n) is 10.00. The van der Waals surface area contributed by atoms with Crippen LogP contribution in [0, 0.1) is 0 Å². The van der Waals surface area contributed by atoms with E-state index in [0.29, 0.717) is 11.8 Å². The highest BCUT2D eigenvalue weighted by molar-refractivity contribution is 7.12. The molecule has 0 radical (unpaired) electrons. The predicted octanol–water partition coefficient (Wildman–Crippen LogP) is 2.98. The summed E-state index contributed by atoms with van der Waals surface area (Å²) in [5, 5.41) is 4.14. The van der Waals surface area contributed by atoms with E-state index in [1.165, 1.54) is 20.1 Å². The fraction of sp³-hybridized carbons (Fsp3) is 0.273. The van der Waals surface area contributed by atoms with Crippen molar-refractivity contribution >= 4 is 28.8 Å². The maximum Gasteiger partial charge on any atom is 0.454 e. The van der Waals surface area contributed by atoms with Crippen molar-refractivity contribution in [3.8, 4) is 0 Å². The molecule has 0 atom stereocenters. The van der Waals surface area contributed by atoms with Gasteiger partial charge >= 0.3 is 12.1 Å². The Morgan fingerprint density at radius 2 is 2.05 bits per heavy atom. The maximum atomic E-state index is 12.1. The number of anilines is 1. The van der Waals surface area contributed by atoms with Gasteiger partial charge in [0.05, 0.1) is 12.8 Å². The first-order valence-electron chi connectivity index (χ1n) is 4.98. The molecule has 0 bridgehead atoms. The summed E-state index contributed by atoms with van der Waals surface area (Å²) in [4.78, 5) is 22.3. The van der Waals surface area contributed by atoms with Gasteiger partial charge in [-0.1, -0.05) is 0 Å². The van der Waals surface area contributed by atoms with Crippen molar-refractivity contribution in [3.05, 3.63) is 28.1 Å². The number of halogens is 3. The van der Waals surface area contributed by atoms with E-state index < -0.39 is 17.9 Å². The van der Waals surface area contributed by atoms with Crippen LogP contribution in [0.4, 0.5) is 18.9 Å². The lowest BCUT2D eigenvalue weighted by Crippen LogP contribution is -2.21. The van der Waals surface area contributed by atoms with Crippen LogP contribution in [0.15, 0.2) is 23.2 Å². The molecule has 8 heteroatoms. The van der Waals surface area contributed by atoms with Crippen LogP contribution in [-0.2, 0) is 9.53 Å². The van der Waals surface area contributed by atoms with Crippen LogP contribution in [0.5, 0.6) is 0 Å². The average molecular weight is 293 g/mol. The largest absolute Gasteiger partial charge is 0.465 e. The number of alkyl halides is 3. The number of hydrogen-bond donors (Lipinski definition) is 1. The third kappa shape index (κ3) is 4.09. The number of methoxy groups -OCH3 is 1. The first-order valence-corrected chi connectivity index (χ1v) is 5.86. The first-order chi connectivity index (χ1) is 8.75. The highest BCUT2D eigenvalue weighted by atomic mass is 32.1. The minimum atomic E-state index is -4.91. The van der Waals surface area contributed by atoms with Crippen LogP contribution < -0.4 is 5.32 Å². The lowest BCUT2D eigenvalue weighted by Gasteiger charge is -2.07. The van der Waals surface area contributed by atoms with Crippen molar-refractivity contribution in [2.45, 2.75) is 13.1 Å². The number of thiophene rings is 1. The van der Waals surface area contributed by atoms with E-state index in [9.17, 15) is 22.8 Å². The lowest BCUT2D eigenvalue weighted by atomic mass is 10.3. The van der Waals surface area contributed by atoms with Gasteiger partial charge in [0, 0.05) is 11.8 Å². The van der Waals surface area contributed by atoms with E-state index in [0.717, 1.165) is 11.3 Å². The van der Waals surface area contributed by atoms with Gasteiger partial charge in [-0.05, 0) is 18.4 Å². The molecule has 19 heavy (non-hydrogen) atoms. The summed E-state index contributed by atoms with van der Waals surface area (Å²) in [7, 11) is 1.20. The Morgan fingerprint density at radius 3 is 2.58 bits per heavy atom. The molecule has 0 aliphatic heterocycles. The Bertz CT molecular complexity index is 520. The number of hydrogen-bond acceptors (Lipinski definition) is 5. The fourth-order valence-electron chi connectivity index (χ4n) is 1.19. The molecule has 104 valence electrons. The molecule has 1 aromatic heterocycles. The topological polar surface area (TPSA) is 55.4 Å². The minimum Gasteiger partial charge on any atom is -0.465 e. The molecular formula is C11H10F3NO3S. The summed E-state index contributed by atoms with van der Waals surface area (Å²) in [6.07, 6.45) is -4.48. The monoisotopic (exact) mass is 293 g/mol. The SMILES string of the molecule is COC(=O)c1sccc1NC(C)=CC(=O)C(F)(F)F. The third-order valence-corrected chi connectivity index (χ3v) is 2.89. The molecule has 0 saturated carbocycles. The van der Waals surface area contributed by atoms with Crippen molar-refractivity contribution < 1.29 is 27.5 Å². The molecule has 0 aliphatic carbocycles. The number of nitrogens with one attached hydrogen (secondary N) is 1. The second-order valence-electron chi connectivity index (χ2n) is 3.47. The Balaban J connectivity index is 2.86. The number of carbonyl (C=O) groups is 2. The molecule has 0 fully saturated rings. The number of carbonyl (C=O) groups excluding carboxylic acids is 2. The Kier molecular flexibility index (Phi) is 4.71. The van der Waals surface area contributed by atoms with Gasteiger partial charge in [-0.15, -0.1) is 11.3 Å². The van der Waals surface area contributed by atoms with Gasteiger partial charge in [0.1, 0.15) is 4.88 Å². The second-order valence-corrected chi connectivity index (χ2v) is 4.39. The summed E-state index contributed by atoms with van der Waals surface area (Å²) in [5.74, 6) is -2.57. The number of ketones is 1. The summed E-state index contributed by atoms with van der Waals surface area (Å²) in [6.45, 7) is 1.29. The number of ether oxygens (including phenoxy) is 1. The highest BCUT2D eigenvalue weighted by Crippen LogP contribution is 2.25. The van der Waals surface area contributed by atoms with Gasteiger partial charge < -0.3 is 10.1 Å². The van der Waals surface area contributed by atoms with Crippen LogP contribution in [0.3, 0.4) is 0 Å². The fourth-order valence-corrected chi connectivity index (χ4v) is 1.95. The van der Waals surface area contributed by atoms with E-state index in [4.69, 9.17) is 0 Å². The molecule has 0 aliphatic rings. The summed E-state index contributed by atoms with van der Waals surface area (Å²) in [6, 6.07) is 1.51. The number of esters is 1. The van der Waals surface area contributed by atoms with Crippen LogP contribution in [-0.4, -0.2) is 25.0 Å². The van der Waals surface area contributed by atoms with Crippen molar-refractivity contribution in [2.24, 2.45) is 0 Å². The van der Waals surface area contributed by atoms with E-state index >= 15 is 0 Å². The Morgan fingerprint density at radius 1 is 1.42 bits per heavy atom. The van der Waals surface area contributed by atoms with E-state index in [1.54, 1.807) is 5.38 Å². The summed E-state index contributed by atoms with van der Waals surface area (Å²) in [5.41, 5.74) is 0.270. The third-order valence-electron chi connectivity index (χ3n) is 1.99. The summed E-state index contributed by atoms with van der Waals surface area (Å²) < 4.78 is 40.7. The Labute approximate surface area is 110 Å². The molecule has 0 amide bonds. The van der Waals surface area contributed by atoms with Crippen molar-refractivity contribution in [2.75, 3.05) is 12.4 Å². The number of allylic oxidation sites excluding steroid dienone is 2. The molecule has 0 aromatic carbocycles. The van der Waals surface area contributed by atoms with Crippen molar-refractivity contribution in [1.29, 1.82) is 0 Å². The van der Waals surface area contributed by atoms with Gasteiger partial charge in [-0.25, -0.2) is 4.79 Å². The molecular weight excluding hydrogens is 283 g/mol. The molecule has 1 N–H and O–H groups in total. The van der Waals surface area contributed by atoms with Crippen molar-refractivity contribution in [3.63, 3.8) is 0 Å². The zero-order chi connectivity index (χ0) is 14.6. The zero-order valence-corrected chi connectivity index (χ0v) is 10.8. The molecule has 0 saturated heterocycles. The number of rotatable bonds is 4. The second kappa shape index (κ2) is 5.87. The normalized spacial score (nSPS) is 12.2. The standard InChI is InChI=1S/C11H10F3NO3S/c1-6(5-8(16)11(12,13)14)15-7-3-4-19-9(7)10(17)18-2/h3-5,15H,1-2H3. The highest BCUT2D eigenvalue weighted by Gasteiger charge is 2.36. The van der Waals surface area contributed by atoms with Crippen LogP contribution in [0.1, 0.15) is 16.6 Å².